The molecule has 0 saturated carbocycles. The molecule has 0 radical (unpaired) electrons. The molecule has 0 atom stereocenters. The highest BCUT2D eigenvalue weighted by Gasteiger charge is 2.21. The smallest absolute Gasteiger partial charge is 0.320 e. The number of aryl methyl sites for hydroxylation is 1. The predicted octanol–water partition coefficient (Wildman–Crippen LogP) is 3.14. The molecule has 0 spiro atoms. The van der Waals surface area contributed by atoms with Crippen LogP contribution in [0, 0.1) is 12.7 Å². The molecule has 7 nitrogen and oxygen atoms in total. The molecule has 0 aliphatic heterocycles. The van der Waals surface area contributed by atoms with E-state index in [-0.39, 0.29) is 12.2 Å². The number of hydrogen-bond acceptors (Lipinski definition) is 4. The van der Waals surface area contributed by atoms with Crippen molar-refractivity contribution in [3.05, 3.63) is 122 Å². The number of halogens is 1. The Balaban J connectivity index is 1.83. The fourth-order valence-corrected chi connectivity index (χ4v) is 3.17. The molecule has 1 amide bonds. The van der Waals surface area contributed by atoms with Crippen molar-refractivity contribution in [1.29, 1.82) is 0 Å². The third-order valence-corrected chi connectivity index (χ3v) is 4.82. The average Bonchev–Trinajstić information content (AvgIpc) is 2.78. The average molecular weight is 430 g/mol. The van der Waals surface area contributed by atoms with Crippen LogP contribution in [0.1, 0.15) is 21.6 Å². The molecular formula is C24H19FN4O3. The quantitative estimate of drug-likeness (QED) is 0.527. The lowest BCUT2D eigenvalue weighted by atomic mass is 10.1. The van der Waals surface area contributed by atoms with Crippen LogP contribution in [0.2, 0.25) is 0 Å². The normalized spacial score (nSPS) is 10.7. The van der Waals surface area contributed by atoms with Gasteiger partial charge in [-0.1, -0.05) is 54.1 Å². The van der Waals surface area contributed by atoms with E-state index in [9.17, 15) is 18.8 Å². The molecule has 8 heteroatoms. The predicted molar refractivity (Wildman–Crippen MR) is 119 cm³/mol. The molecule has 0 fully saturated rings. The maximum atomic E-state index is 13.5. The molecule has 0 aliphatic rings. The van der Waals surface area contributed by atoms with Gasteiger partial charge in [-0.25, -0.2) is 9.18 Å². The van der Waals surface area contributed by atoms with E-state index in [2.05, 4.69) is 10.4 Å². The van der Waals surface area contributed by atoms with Crippen LogP contribution in [0.3, 0.4) is 0 Å². The summed E-state index contributed by atoms with van der Waals surface area (Å²) in [5.74, 6) is -1.38. The summed E-state index contributed by atoms with van der Waals surface area (Å²) in [6.45, 7) is 1.90. The Morgan fingerprint density at radius 1 is 0.969 bits per heavy atom. The van der Waals surface area contributed by atoms with Crippen molar-refractivity contribution < 1.29 is 9.18 Å². The van der Waals surface area contributed by atoms with E-state index < -0.39 is 28.7 Å². The van der Waals surface area contributed by atoms with E-state index in [0.717, 1.165) is 26.4 Å². The first-order chi connectivity index (χ1) is 15.4. The number of anilines is 1. The van der Waals surface area contributed by atoms with E-state index in [1.54, 1.807) is 42.5 Å². The zero-order valence-corrected chi connectivity index (χ0v) is 17.2. The summed E-state index contributed by atoms with van der Waals surface area (Å²) in [6, 6.07) is 21.1. The summed E-state index contributed by atoms with van der Waals surface area (Å²) in [7, 11) is 0. The molecule has 1 aromatic heterocycles. The second-order valence-corrected chi connectivity index (χ2v) is 7.22. The lowest BCUT2D eigenvalue weighted by Gasteiger charge is -2.12. The van der Waals surface area contributed by atoms with Crippen molar-refractivity contribution >= 4 is 11.6 Å². The topological polar surface area (TPSA) is 86.0 Å². The van der Waals surface area contributed by atoms with Gasteiger partial charge in [-0.3, -0.25) is 14.2 Å². The zero-order valence-electron chi connectivity index (χ0n) is 17.2. The largest absolute Gasteiger partial charge is 0.352 e. The Morgan fingerprint density at radius 2 is 1.69 bits per heavy atom. The molecule has 3 aromatic carbocycles. The van der Waals surface area contributed by atoms with Gasteiger partial charge in [0.1, 0.15) is 5.82 Å². The zero-order chi connectivity index (χ0) is 22.7. The number of para-hydroxylation sites is 1. The van der Waals surface area contributed by atoms with Gasteiger partial charge in [-0.15, -0.1) is 0 Å². The number of nitrogens with zero attached hydrogens (tertiary/aromatic N) is 3. The van der Waals surface area contributed by atoms with Crippen LogP contribution < -0.4 is 16.6 Å². The lowest BCUT2D eigenvalue weighted by Crippen LogP contribution is -2.45. The molecule has 0 aliphatic carbocycles. The number of carbonyl (C=O) groups excluding carboxylic acids is 1. The molecule has 0 unspecified atom stereocenters. The summed E-state index contributed by atoms with van der Waals surface area (Å²) in [6.07, 6.45) is 0. The standard InChI is InChI=1S/C24H19FN4O3/c1-16-10-12-17(13-11-16)15-28-23(31)21(22(30)26-19-7-5-6-18(25)14-19)27-29(24(28)32)20-8-3-2-4-9-20/h2-14H,15H2,1H3,(H,26,30). The van der Waals surface area contributed by atoms with Crippen molar-refractivity contribution in [3.8, 4) is 5.69 Å². The van der Waals surface area contributed by atoms with Crippen molar-refractivity contribution in [2.75, 3.05) is 5.32 Å². The minimum Gasteiger partial charge on any atom is -0.320 e. The molecule has 4 aromatic rings. The highest BCUT2D eigenvalue weighted by Crippen LogP contribution is 2.10. The second-order valence-electron chi connectivity index (χ2n) is 7.22. The fourth-order valence-electron chi connectivity index (χ4n) is 3.17. The van der Waals surface area contributed by atoms with Gasteiger partial charge in [0.15, 0.2) is 0 Å². The molecule has 0 bridgehead atoms. The van der Waals surface area contributed by atoms with Gasteiger partial charge < -0.3 is 5.32 Å². The molecule has 0 saturated heterocycles. The maximum absolute atomic E-state index is 13.5. The van der Waals surface area contributed by atoms with Crippen LogP contribution in [0.4, 0.5) is 10.1 Å². The number of amides is 1. The van der Waals surface area contributed by atoms with Gasteiger partial charge in [-0.2, -0.15) is 9.78 Å². The lowest BCUT2D eigenvalue weighted by molar-refractivity contribution is 0.101. The van der Waals surface area contributed by atoms with Gasteiger partial charge in [0, 0.05) is 5.69 Å². The highest BCUT2D eigenvalue weighted by atomic mass is 19.1. The first-order valence-corrected chi connectivity index (χ1v) is 9.84. The number of carbonyl (C=O) groups is 1. The minimum atomic E-state index is -0.845. The Morgan fingerprint density at radius 3 is 2.38 bits per heavy atom. The molecular weight excluding hydrogens is 411 g/mol. The molecule has 160 valence electrons. The number of rotatable bonds is 5. The van der Waals surface area contributed by atoms with Crippen molar-refractivity contribution in [1.82, 2.24) is 14.3 Å². The monoisotopic (exact) mass is 430 g/mol. The Bertz CT molecular complexity index is 1390. The van der Waals surface area contributed by atoms with Crippen molar-refractivity contribution in [2.45, 2.75) is 13.5 Å². The van der Waals surface area contributed by atoms with Crippen molar-refractivity contribution in [3.63, 3.8) is 0 Å². The van der Waals surface area contributed by atoms with Gasteiger partial charge in [0.2, 0.25) is 5.69 Å². The molecule has 1 N–H and O–H groups in total. The molecule has 1 heterocycles. The van der Waals surface area contributed by atoms with E-state index in [0.29, 0.717) is 5.69 Å². The maximum Gasteiger partial charge on any atom is 0.352 e. The van der Waals surface area contributed by atoms with Gasteiger partial charge in [-0.05, 0) is 42.8 Å². The summed E-state index contributed by atoms with van der Waals surface area (Å²) < 4.78 is 15.5. The molecule has 32 heavy (non-hydrogen) atoms. The summed E-state index contributed by atoms with van der Waals surface area (Å²) in [4.78, 5) is 39.1. The minimum absolute atomic E-state index is 0.0342. The number of aromatic nitrogens is 3. The van der Waals surface area contributed by atoms with Gasteiger partial charge in [0.05, 0.1) is 12.2 Å². The highest BCUT2D eigenvalue weighted by molar-refractivity contribution is 6.02. The molecule has 4 rings (SSSR count). The fraction of sp³-hybridized carbons (Fsp3) is 0.0833. The van der Waals surface area contributed by atoms with Gasteiger partial charge >= 0.3 is 5.69 Å². The van der Waals surface area contributed by atoms with Crippen molar-refractivity contribution in [2.24, 2.45) is 0 Å². The first kappa shape index (κ1) is 20.9. The number of hydrogen-bond donors (Lipinski definition) is 1. The third-order valence-electron chi connectivity index (χ3n) is 4.82. The summed E-state index contributed by atoms with van der Waals surface area (Å²) >= 11 is 0. The SMILES string of the molecule is Cc1ccc(Cn2c(=O)c(C(=O)Nc3cccc(F)c3)nn(-c3ccccc3)c2=O)cc1. The van der Waals surface area contributed by atoms with Crippen LogP contribution in [-0.2, 0) is 6.54 Å². The Kier molecular flexibility index (Phi) is 5.76. The van der Waals surface area contributed by atoms with E-state index >= 15 is 0 Å². The Labute approximate surface area is 182 Å². The first-order valence-electron chi connectivity index (χ1n) is 9.84. The number of nitrogens with one attached hydrogen (secondary N) is 1. The number of benzene rings is 3. The Hall–Kier alpha value is -4.33. The van der Waals surface area contributed by atoms with Gasteiger partial charge in [0.25, 0.3) is 11.5 Å². The third kappa shape index (κ3) is 4.39. The van der Waals surface area contributed by atoms with E-state index in [4.69, 9.17) is 0 Å². The summed E-state index contributed by atoms with van der Waals surface area (Å²) in [5.41, 5.74) is 0.323. The van der Waals surface area contributed by atoms with Crippen LogP contribution in [0.5, 0.6) is 0 Å². The van der Waals surface area contributed by atoms with Crippen LogP contribution in [0.25, 0.3) is 5.69 Å². The van der Waals surface area contributed by atoms with Crippen LogP contribution in [0.15, 0.2) is 88.5 Å². The van der Waals surface area contributed by atoms with E-state index in [1.807, 2.05) is 19.1 Å². The van der Waals surface area contributed by atoms with Crippen LogP contribution in [-0.4, -0.2) is 20.3 Å². The second kappa shape index (κ2) is 8.81. The summed E-state index contributed by atoms with van der Waals surface area (Å²) in [5, 5.41) is 6.51. The van der Waals surface area contributed by atoms with Crippen LogP contribution >= 0.6 is 0 Å². The van der Waals surface area contributed by atoms with E-state index in [1.165, 1.54) is 18.2 Å².